The molecule has 0 saturated carbocycles. The fraction of sp³-hybridized carbons (Fsp3) is 0.500. The van der Waals surface area contributed by atoms with Gasteiger partial charge >= 0.3 is 0 Å². The molecule has 1 aliphatic heterocycles. The lowest BCUT2D eigenvalue weighted by molar-refractivity contribution is -0.122. The van der Waals surface area contributed by atoms with Crippen LogP contribution in [-0.4, -0.2) is 24.9 Å². The van der Waals surface area contributed by atoms with Gasteiger partial charge in [-0.25, -0.2) is 0 Å². The van der Waals surface area contributed by atoms with Crippen LogP contribution in [0.5, 0.6) is 0 Å². The van der Waals surface area contributed by atoms with Crippen LogP contribution in [0.25, 0.3) is 0 Å². The molecule has 0 saturated heterocycles. The third-order valence-electron chi connectivity index (χ3n) is 3.56. The third-order valence-corrected chi connectivity index (χ3v) is 3.56. The molecule has 1 aromatic carbocycles. The third kappa shape index (κ3) is 3.82. The molecule has 114 valence electrons. The van der Waals surface area contributed by atoms with E-state index in [1.807, 2.05) is 26.0 Å². The van der Waals surface area contributed by atoms with Crippen molar-refractivity contribution in [2.45, 2.75) is 39.5 Å². The van der Waals surface area contributed by atoms with E-state index < -0.39 is 6.04 Å². The Morgan fingerprint density at radius 1 is 1.24 bits per heavy atom. The predicted octanol–water partition coefficient (Wildman–Crippen LogP) is 1.61. The van der Waals surface area contributed by atoms with Crippen LogP contribution in [0.1, 0.15) is 41.8 Å². The minimum Gasteiger partial charge on any atom is -0.372 e. The molecule has 2 rings (SSSR count). The second-order valence-electron chi connectivity index (χ2n) is 5.75. The van der Waals surface area contributed by atoms with Crippen molar-refractivity contribution < 1.29 is 14.3 Å². The fourth-order valence-corrected chi connectivity index (χ4v) is 2.43. The van der Waals surface area contributed by atoms with Gasteiger partial charge in [-0.05, 0) is 35.6 Å². The summed E-state index contributed by atoms with van der Waals surface area (Å²) in [7, 11) is 1.58. The maximum absolute atomic E-state index is 12.3. The molecule has 5 nitrogen and oxygen atoms in total. The smallest absolute Gasteiger partial charge is 0.251 e. The van der Waals surface area contributed by atoms with E-state index in [1.165, 1.54) is 0 Å². The Bertz CT molecular complexity index is 540. The maximum Gasteiger partial charge on any atom is 0.251 e. The Balaban J connectivity index is 2.09. The number of benzene rings is 1. The highest BCUT2D eigenvalue weighted by atomic mass is 16.5. The largest absolute Gasteiger partial charge is 0.372 e. The molecule has 2 amide bonds. The molecule has 0 bridgehead atoms. The summed E-state index contributed by atoms with van der Waals surface area (Å²) in [6.45, 7) is 5.19. The lowest BCUT2D eigenvalue weighted by Crippen LogP contribution is -2.46. The molecule has 1 aromatic rings. The molecule has 1 aliphatic rings. The summed E-state index contributed by atoms with van der Waals surface area (Å²) in [6.07, 6.45) is 0.611. The monoisotopic (exact) mass is 290 g/mol. The van der Waals surface area contributed by atoms with Gasteiger partial charge in [0.1, 0.15) is 6.04 Å². The molecule has 5 heteroatoms. The minimum absolute atomic E-state index is 0.165. The number of rotatable bonds is 5. The minimum atomic E-state index is -0.507. The Labute approximate surface area is 125 Å². The summed E-state index contributed by atoms with van der Waals surface area (Å²) < 4.78 is 5.34. The second kappa shape index (κ2) is 6.72. The average molecular weight is 290 g/mol. The van der Waals surface area contributed by atoms with Gasteiger partial charge in [-0.1, -0.05) is 19.9 Å². The summed E-state index contributed by atoms with van der Waals surface area (Å²) in [4.78, 5) is 24.2. The number of hydrogen-bond donors (Lipinski definition) is 2. The first kappa shape index (κ1) is 15.5. The van der Waals surface area contributed by atoms with Gasteiger partial charge in [-0.2, -0.15) is 0 Å². The van der Waals surface area contributed by atoms with Crippen LogP contribution in [-0.2, 0) is 22.7 Å². The summed E-state index contributed by atoms with van der Waals surface area (Å²) >= 11 is 0. The summed E-state index contributed by atoms with van der Waals surface area (Å²) in [5.74, 6) is -0.0680. The van der Waals surface area contributed by atoms with Gasteiger partial charge in [0, 0.05) is 12.6 Å². The highest BCUT2D eigenvalue weighted by Crippen LogP contribution is 2.21. The average Bonchev–Trinajstić information content (AvgIpc) is 2.92. The number of likely N-dealkylation sites (N-methyl/N-ethyl adjacent to an activating group) is 1. The number of carbonyl (C=O) groups is 2. The van der Waals surface area contributed by atoms with Crippen LogP contribution in [0.15, 0.2) is 18.2 Å². The van der Waals surface area contributed by atoms with Gasteiger partial charge in [0.2, 0.25) is 5.91 Å². The van der Waals surface area contributed by atoms with Crippen molar-refractivity contribution in [1.82, 2.24) is 10.6 Å². The summed E-state index contributed by atoms with van der Waals surface area (Å²) in [5.41, 5.74) is 2.73. The Kier molecular flexibility index (Phi) is 4.96. The number of carbonyl (C=O) groups excluding carboxylic acids is 2. The van der Waals surface area contributed by atoms with E-state index in [9.17, 15) is 9.59 Å². The number of nitrogens with one attached hydrogen (secondary N) is 2. The summed E-state index contributed by atoms with van der Waals surface area (Å²) in [6, 6.07) is 5.02. The van der Waals surface area contributed by atoms with Crippen molar-refractivity contribution in [3.05, 3.63) is 34.9 Å². The van der Waals surface area contributed by atoms with Crippen LogP contribution in [0.4, 0.5) is 0 Å². The van der Waals surface area contributed by atoms with Gasteiger partial charge in [0.25, 0.3) is 5.91 Å². The van der Waals surface area contributed by atoms with Gasteiger partial charge in [0.05, 0.1) is 13.2 Å². The van der Waals surface area contributed by atoms with Crippen LogP contribution < -0.4 is 10.6 Å². The van der Waals surface area contributed by atoms with Gasteiger partial charge in [-0.3, -0.25) is 9.59 Å². The zero-order valence-electron chi connectivity index (χ0n) is 12.7. The van der Waals surface area contributed by atoms with E-state index in [-0.39, 0.29) is 11.8 Å². The molecule has 0 aliphatic carbocycles. The molecule has 21 heavy (non-hydrogen) atoms. The zero-order valence-corrected chi connectivity index (χ0v) is 12.7. The predicted molar refractivity (Wildman–Crippen MR) is 79.7 cm³/mol. The van der Waals surface area contributed by atoms with E-state index >= 15 is 0 Å². The first-order chi connectivity index (χ1) is 10.0. The Morgan fingerprint density at radius 3 is 2.62 bits per heavy atom. The zero-order chi connectivity index (χ0) is 15.4. The summed E-state index contributed by atoms with van der Waals surface area (Å²) in [5, 5.41) is 5.41. The van der Waals surface area contributed by atoms with Crippen molar-refractivity contribution in [2.24, 2.45) is 5.92 Å². The fourth-order valence-electron chi connectivity index (χ4n) is 2.43. The SMILES string of the molecule is CNC(=O)[C@H](CC(C)C)NC(=O)c1ccc2c(c1)COC2. The van der Waals surface area contributed by atoms with Crippen LogP contribution >= 0.6 is 0 Å². The number of fused-ring (bicyclic) bond motifs is 1. The molecular weight excluding hydrogens is 268 g/mol. The maximum atomic E-state index is 12.3. The Hall–Kier alpha value is -1.88. The van der Waals surface area contributed by atoms with Crippen molar-refractivity contribution in [3.63, 3.8) is 0 Å². The normalized spacial score (nSPS) is 14.7. The van der Waals surface area contributed by atoms with E-state index in [0.717, 1.165) is 11.1 Å². The van der Waals surface area contributed by atoms with Crippen molar-refractivity contribution in [1.29, 1.82) is 0 Å². The van der Waals surface area contributed by atoms with E-state index in [1.54, 1.807) is 13.1 Å². The molecule has 2 N–H and O–H groups in total. The van der Waals surface area contributed by atoms with E-state index in [2.05, 4.69) is 10.6 Å². The molecular formula is C16H22N2O3. The first-order valence-electron chi connectivity index (χ1n) is 7.23. The molecule has 0 spiro atoms. The lowest BCUT2D eigenvalue weighted by atomic mass is 10.0. The van der Waals surface area contributed by atoms with E-state index in [0.29, 0.717) is 31.1 Å². The molecule has 0 radical (unpaired) electrons. The second-order valence-corrected chi connectivity index (χ2v) is 5.75. The van der Waals surface area contributed by atoms with Crippen molar-refractivity contribution in [3.8, 4) is 0 Å². The number of amides is 2. The van der Waals surface area contributed by atoms with Crippen molar-refractivity contribution in [2.75, 3.05) is 7.05 Å². The van der Waals surface area contributed by atoms with Crippen LogP contribution in [0, 0.1) is 5.92 Å². The standard InChI is InChI=1S/C16H22N2O3/c1-10(2)6-14(16(20)17-3)18-15(19)11-4-5-12-8-21-9-13(12)7-11/h4-5,7,10,14H,6,8-9H2,1-3H3,(H,17,20)(H,18,19)/t14-/m0/s1. The van der Waals surface area contributed by atoms with E-state index in [4.69, 9.17) is 4.74 Å². The highest BCUT2D eigenvalue weighted by Gasteiger charge is 2.22. The molecule has 0 unspecified atom stereocenters. The number of hydrogen-bond acceptors (Lipinski definition) is 3. The first-order valence-corrected chi connectivity index (χ1v) is 7.23. The van der Waals surface area contributed by atoms with Gasteiger partial charge < -0.3 is 15.4 Å². The number of ether oxygens (including phenoxy) is 1. The molecule has 0 fully saturated rings. The Morgan fingerprint density at radius 2 is 1.95 bits per heavy atom. The quantitative estimate of drug-likeness (QED) is 0.865. The molecule has 0 aromatic heterocycles. The van der Waals surface area contributed by atoms with Gasteiger partial charge in [0.15, 0.2) is 0 Å². The lowest BCUT2D eigenvalue weighted by Gasteiger charge is -2.19. The topological polar surface area (TPSA) is 67.4 Å². The van der Waals surface area contributed by atoms with Crippen LogP contribution in [0.3, 0.4) is 0 Å². The van der Waals surface area contributed by atoms with Crippen molar-refractivity contribution >= 4 is 11.8 Å². The molecule has 1 atom stereocenters. The van der Waals surface area contributed by atoms with Crippen LogP contribution in [0.2, 0.25) is 0 Å². The van der Waals surface area contributed by atoms with Gasteiger partial charge in [-0.15, -0.1) is 0 Å². The highest BCUT2D eigenvalue weighted by molar-refractivity contribution is 5.97. The molecule has 1 heterocycles.